The van der Waals surface area contributed by atoms with Gasteiger partial charge in [0.15, 0.2) is 0 Å². The van der Waals surface area contributed by atoms with Crippen molar-refractivity contribution in [2.45, 2.75) is 13.3 Å². The number of methoxy groups -OCH3 is 1. The normalized spacial score (nSPS) is 10.8. The lowest BCUT2D eigenvalue weighted by molar-refractivity contribution is 0.394. The van der Waals surface area contributed by atoms with Gasteiger partial charge in [0.05, 0.1) is 7.11 Å². The van der Waals surface area contributed by atoms with E-state index in [1.165, 1.54) is 0 Å². The molecule has 1 aromatic rings. The fourth-order valence-corrected chi connectivity index (χ4v) is 1.33. The number of pyridine rings is 1. The van der Waals surface area contributed by atoms with Gasteiger partial charge in [0.2, 0.25) is 5.88 Å². The molecule has 0 aromatic carbocycles. The second kappa shape index (κ2) is 5.70. The minimum Gasteiger partial charge on any atom is -0.481 e. The molecule has 0 aliphatic heterocycles. The highest BCUT2D eigenvalue weighted by Gasteiger charge is 1.98. The highest BCUT2D eigenvalue weighted by Crippen LogP contribution is 2.15. The molecule has 0 unspecified atom stereocenters. The molecule has 76 valence electrons. The first-order valence-electron chi connectivity index (χ1n) is 4.56. The van der Waals surface area contributed by atoms with E-state index in [1.807, 2.05) is 6.92 Å². The average Bonchev–Trinajstić information content (AvgIpc) is 2.18. The molecule has 0 radical (unpaired) electrons. The quantitative estimate of drug-likeness (QED) is 0.770. The molecule has 0 spiro atoms. The number of nitrogens with zero attached hydrogens (tertiary/aromatic N) is 1. The van der Waals surface area contributed by atoms with Crippen LogP contribution in [0.2, 0.25) is 0 Å². The third-order valence-electron chi connectivity index (χ3n) is 1.85. The van der Waals surface area contributed by atoms with Crippen molar-refractivity contribution in [2.75, 3.05) is 12.9 Å². The average molecular weight is 209 g/mol. The van der Waals surface area contributed by atoms with Crippen LogP contribution in [-0.2, 0) is 0 Å². The van der Waals surface area contributed by atoms with Crippen LogP contribution in [0, 0.1) is 6.92 Å². The zero-order valence-corrected chi connectivity index (χ0v) is 9.42. The largest absolute Gasteiger partial charge is 0.481 e. The van der Waals surface area contributed by atoms with E-state index < -0.39 is 0 Å². The highest BCUT2D eigenvalue weighted by molar-refractivity contribution is 7.80. The predicted octanol–water partition coefficient (Wildman–Crippen LogP) is 2.73. The summed E-state index contributed by atoms with van der Waals surface area (Å²) in [5, 5.41) is 0. The van der Waals surface area contributed by atoms with Crippen LogP contribution in [0.25, 0.3) is 6.08 Å². The van der Waals surface area contributed by atoms with Gasteiger partial charge in [-0.1, -0.05) is 12.2 Å². The van der Waals surface area contributed by atoms with E-state index in [1.54, 1.807) is 13.3 Å². The third-order valence-corrected chi connectivity index (χ3v) is 2.11. The fourth-order valence-electron chi connectivity index (χ4n) is 1.18. The molecule has 3 heteroatoms. The maximum atomic E-state index is 5.08. The van der Waals surface area contributed by atoms with Crippen LogP contribution in [0.15, 0.2) is 18.3 Å². The van der Waals surface area contributed by atoms with Gasteiger partial charge in [-0.05, 0) is 30.7 Å². The van der Waals surface area contributed by atoms with Crippen molar-refractivity contribution in [2.24, 2.45) is 0 Å². The van der Waals surface area contributed by atoms with Crippen molar-refractivity contribution in [3.05, 3.63) is 29.5 Å². The fraction of sp³-hybridized carbons (Fsp3) is 0.364. The van der Waals surface area contributed by atoms with Gasteiger partial charge >= 0.3 is 0 Å². The molecule has 2 nitrogen and oxygen atoms in total. The molecule has 1 rings (SSSR count). The second-order valence-corrected chi connectivity index (χ2v) is 3.46. The molecule has 0 saturated heterocycles. The molecule has 0 bridgehead atoms. The molecule has 0 aliphatic carbocycles. The molecule has 0 saturated carbocycles. The van der Waals surface area contributed by atoms with Gasteiger partial charge < -0.3 is 4.74 Å². The highest BCUT2D eigenvalue weighted by atomic mass is 32.1. The van der Waals surface area contributed by atoms with Crippen molar-refractivity contribution in [1.29, 1.82) is 0 Å². The second-order valence-electron chi connectivity index (χ2n) is 3.01. The Hall–Kier alpha value is -0.960. The summed E-state index contributed by atoms with van der Waals surface area (Å²) in [6.45, 7) is 1.99. The number of ether oxygens (including phenoxy) is 1. The minimum absolute atomic E-state index is 0.691. The van der Waals surface area contributed by atoms with Gasteiger partial charge in [-0.3, -0.25) is 0 Å². The van der Waals surface area contributed by atoms with Crippen LogP contribution in [0.3, 0.4) is 0 Å². The van der Waals surface area contributed by atoms with Crippen LogP contribution in [0.1, 0.15) is 17.5 Å². The van der Waals surface area contributed by atoms with E-state index in [0.717, 1.165) is 23.3 Å². The van der Waals surface area contributed by atoms with Gasteiger partial charge in [-0.15, -0.1) is 0 Å². The summed E-state index contributed by atoms with van der Waals surface area (Å²) in [6, 6.07) is 2.06. The van der Waals surface area contributed by atoms with Crippen molar-refractivity contribution < 1.29 is 4.74 Å². The maximum absolute atomic E-state index is 5.08. The number of hydrogen-bond acceptors (Lipinski definition) is 3. The van der Waals surface area contributed by atoms with E-state index in [0.29, 0.717) is 5.88 Å². The van der Waals surface area contributed by atoms with Gasteiger partial charge in [0, 0.05) is 11.8 Å². The van der Waals surface area contributed by atoms with Crippen molar-refractivity contribution in [1.82, 2.24) is 4.98 Å². The number of thiol groups is 1. The number of hydrogen-bond donors (Lipinski definition) is 1. The maximum Gasteiger partial charge on any atom is 0.215 e. The molecule has 0 atom stereocenters. The van der Waals surface area contributed by atoms with Crippen molar-refractivity contribution >= 4 is 18.7 Å². The standard InChI is InChI=1S/C11H15NOS/c1-9-7-10(5-3-4-6-14)8-12-11(9)13-2/h3,5,7-8,14H,4,6H2,1-2H3. The number of allylic oxidation sites excluding steroid dienone is 1. The lowest BCUT2D eigenvalue weighted by Crippen LogP contribution is -1.91. The topological polar surface area (TPSA) is 22.1 Å². The van der Waals surface area contributed by atoms with E-state index >= 15 is 0 Å². The Kier molecular flexibility index (Phi) is 4.53. The summed E-state index contributed by atoms with van der Waals surface area (Å²) >= 11 is 4.13. The van der Waals surface area contributed by atoms with Gasteiger partial charge in [0.25, 0.3) is 0 Å². The van der Waals surface area contributed by atoms with E-state index in [4.69, 9.17) is 4.74 Å². The SMILES string of the molecule is COc1ncc(C=CCCS)cc1C. The lowest BCUT2D eigenvalue weighted by atomic mass is 10.2. The molecule has 0 aliphatic rings. The molecular weight excluding hydrogens is 194 g/mol. The summed E-state index contributed by atoms with van der Waals surface area (Å²) in [5.41, 5.74) is 2.16. The van der Waals surface area contributed by atoms with Gasteiger partial charge in [-0.25, -0.2) is 4.98 Å². The van der Waals surface area contributed by atoms with Crippen LogP contribution in [0.4, 0.5) is 0 Å². The first kappa shape index (κ1) is 11.1. The number of rotatable bonds is 4. The van der Waals surface area contributed by atoms with Crippen LogP contribution in [0.5, 0.6) is 5.88 Å². The first-order chi connectivity index (χ1) is 6.77. The predicted molar refractivity (Wildman–Crippen MR) is 63.0 cm³/mol. The zero-order chi connectivity index (χ0) is 10.4. The van der Waals surface area contributed by atoms with Crippen LogP contribution in [-0.4, -0.2) is 17.8 Å². The summed E-state index contributed by atoms with van der Waals surface area (Å²) in [5.74, 6) is 1.57. The number of aromatic nitrogens is 1. The Morgan fingerprint density at radius 3 is 2.93 bits per heavy atom. The summed E-state index contributed by atoms with van der Waals surface area (Å²) < 4.78 is 5.08. The van der Waals surface area contributed by atoms with E-state index in [2.05, 4.69) is 35.8 Å². The molecule has 14 heavy (non-hydrogen) atoms. The van der Waals surface area contributed by atoms with Crippen LogP contribution >= 0.6 is 12.6 Å². The van der Waals surface area contributed by atoms with E-state index in [-0.39, 0.29) is 0 Å². The molecule has 0 fully saturated rings. The smallest absolute Gasteiger partial charge is 0.215 e. The van der Waals surface area contributed by atoms with E-state index in [9.17, 15) is 0 Å². The van der Waals surface area contributed by atoms with Gasteiger partial charge in [0.1, 0.15) is 0 Å². The third kappa shape index (κ3) is 3.07. The Morgan fingerprint density at radius 1 is 1.57 bits per heavy atom. The molecule has 0 amide bonds. The molecule has 0 N–H and O–H groups in total. The Morgan fingerprint density at radius 2 is 2.36 bits per heavy atom. The lowest BCUT2D eigenvalue weighted by Gasteiger charge is -2.02. The zero-order valence-electron chi connectivity index (χ0n) is 8.53. The van der Waals surface area contributed by atoms with Crippen molar-refractivity contribution in [3.63, 3.8) is 0 Å². The summed E-state index contributed by atoms with van der Waals surface area (Å²) in [7, 11) is 1.63. The first-order valence-corrected chi connectivity index (χ1v) is 5.19. The Balaban J connectivity index is 2.76. The Labute approximate surface area is 90.4 Å². The molecule has 1 heterocycles. The van der Waals surface area contributed by atoms with Crippen molar-refractivity contribution in [3.8, 4) is 5.88 Å². The summed E-state index contributed by atoms with van der Waals surface area (Å²) in [6.07, 6.45) is 6.93. The van der Waals surface area contributed by atoms with Crippen LogP contribution < -0.4 is 4.74 Å². The molecular formula is C11H15NOS. The monoisotopic (exact) mass is 209 g/mol. The minimum atomic E-state index is 0.691. The number of aryl methyl sites for hydroxylation is 1. The van der Waals surface area contributed by atoms with Gasteiger partial charge in [-0.2, -0.15) is 12.6 Å². The Bertz CT molecular complexity index is 323. The molecule has 1 aromatic heterocycles. The summed E-state index contributed by atoms with van der Waals surface area (Å²) in [4.78, 5) is 4.18.